The van der Waals surface area contributed by atoms with Crippen LogP contribution in [0.15, 0.2) is 72.9 Å². The zero-order valence-corrected chi connectivity index (χ0v) is 17.0. The second kappa shape index (κ2) is 8.92. The summed E-state index contributed by atoms with van der Waals surface area (Å²) < 4.78 is 0. The molecule has 0 bridgehead atoms. The van der Waals surface area contributed by atoms with Crippen LogP contribution < -0.4 is 9.80 Å². The van der Waals surface area contributed by atoms with Gasteiger partial charge in [-0.15, -0.1) is 0 Å². The number of likely N-dealkylation sites (N-methyl/N-ethyl adjacent to an activating group) is 1. The number of nitrogens with zero attached hydrogens (tertiary/aromatic N) is 5. The van der Waals surface area contributed by atoms with Crippen molar-refractivity contribution in [3.63, 3.8) is 0 Å². The Hall–Kier alpha value is -3.45. The zero-order valence-electron chi connectivity index (χ0n) is 17.0. The third kappa shape index (κ3) is 4.41. The van der Waals surface area contributed by atoms with Gasteiger partial charge in [-0.2, -0.15) is 0 Å². The molecule has 154 valence electrons. The van der Waals surface area contributed by atoms with Crippen molar-refractivity contribution in [2.75, 3.05) is 43.0 Å². The second-order valence-electron chi connectivity index (χ2n) is 7.48. The van der Waals surface area contributed by atoms with Gasteiger partial charge in [-0.1, -0.05) is 36.4 Å². The number of nitro groups is 1. The van der Waals surface area contributed by atoms with E-state index in [2.05, 4.69) is 21.8 Å². The van der Waals surface area contributed by atoms with Gasteiger partial charge in [0.15, 0.2) is 0 Å². The molecule has 1 aliphatic rings. The van der Waals surface area contributed by atoms with Gasteiger partial charge in [0.1, 0.15) is 11.5 Å². The fourth-order valence-electron chi connectivity index (χ4n) is 3.71. The van der Waals surface area contributed by atoms with Gasteiger partial charge in [0.05, 0.1) is 4.92 Å². The predicted octanol–water partition coefficient (Wildman–Crippen LogP) is 4.08. The van der Waals surface area contributed by atoms with E-state index in [4.69, 9.17) is 0 Å². The number of aromatic nitrogens is 1. The van der Waals surface area contributed by atoms with Crippen molar-refractivity contribution in [3.8, 4) is 0 Å². The quantitative estimate of drug-likeness (QED) is 0.456. The van der Waals surface area contributed by atoms with Crippen LogP contribution in [0.2, 0.25) is 0 Å². The van der Waals surface area contributed by atoms with E-state index < -0.39 is 0 Å². The van der Waals surface area contributed by atoms with Gasteiger partial charge >= 0.3 is 0 Å². The Morgan fingerprint density at radius 2 is 1.73 bits per heavy atom. The fraction of sp³-hybridized carbons (Fsp3) is 0.261. The number of rotatable bonds is 6. The van der Waals surface area contributed by atoms with E-state index in [-0.39, 0.29) is 10.6 Å². The highest BCUT2D eigenvalue weighted by atomic mass is 16.6. The summed E-state index contributed by atoms with van der Waals surface area (Å²) in [6.45, 7) is 4.23. The molecule has 0 unspecified atom stereocenters. The average Bonchev–Trinajstić information content (AvgIpc) is 2.79. The molecule has 2 aromatic carbocycles. The Balaban J connectivity index is 1.77. The Morgan fingerprint density at radius 1 is 1.00 bits per heavy atom. The Labute approximate surface area is 176 Å². The highest BCUT2D eigenvalue weighted by Gasteiger charge is 2.24. The zero-order chi connectivity index (χ0) is 20.9. The first kappa shape index (κ1) is 19.8. The first-order valence-corrected chi connectivity index (χ1v) is 10.1. The first-order chi connectivity index (χ1) is 14.6. The summed E-state index contributed by atoms with van der Waals surface area (Å²) in [4.78, 5) is 22.5. The third-order valence-electron chi connectivity index (χ3n) is 5.42. The number of hydrogen-bond donors (Lipinski definition) is 0. The van der Waals surface area contributed by atoms with Crippen molar-refractivity contribution in [2.45, 2.75) is 6.54 Å². The monoisotopic (exact) mass is 403 g/mol. The summed E-state index contributed by atoms with van der Waals surface area (Å²) in [5, 5.41) is 11.9. The van der Waals surface area contributed by atoms with Crippen molar-refractivity contribution in [1.82, 2.24) is 9.88 Å². The lowest BCUT2D eigenvalue weighted by molar-refractivity contribution is -0.384. The maximum absolute atomic E-state index is 11.9. The Bertz CT molecular complexity index is 989. The molecule has 7 nitrogen and oxygen atoms in total. The number of nitro benzene ring substituents is 1. The highest BCUT2D eigenvalue weighted by Crippen LogP contribution is 2.37. The van der Waals surface area contributed by atoms with Gasteiger partial charge in [-0.05, 0) is 36.9 Å². The van der Waals surface area contributed by atoms with Gasteiger partial charge in [0, 0.05) is 50.7 Å². The molecule has 30 heavy (non-hydrogen) atoms. The van der Waals surface area contributed by atoms with E-state index in [0.29, 0.717) is 18.1 Å². The summed E-state index contributed by atoms with van der Waals surface area (Å²) in [5.41, 5.74) is 2.69. The largest absolute Gasteiger partial charge is 0.369 e. The first-order valence-electron chi connectivity index (χ1n) is 10.1. The maximum atomic E-state index is 11.9. The van der Waals surface area contributed by atoms with Crippen molar-refractivity contribution in [3.05, 3.63) is 88.6 Å². The minimum atomic E-state index is -0.315. The topological polar surface area (TPSA) is 65.8 Å². The fourth-order valence-corrected chi connectivity index (χ4v) is 3.71. The maximum Gasteiger partial charge on any atom is 0.293 e. The molecular weight excluding hydrogens is 378 g/mol. The molecule has 1 saturated heterocycles. The molecule has 0 saturated carbocycles. The summed E-state index contributed by atoms with van der Waals surface area (Å²) in [5.74, 6) is 0.681. The number of hydrogen-bond acceptors (Lipinski definition) is 6. The van der Waals surface area contributed by atoms with Gasteiger partial charge < -0.3 is 14.7 Å². The van der Waals surface area contributed by atoms with Crippen LogP contribution in [0.3, 0.4) is 0 Å². The lowest BCUT2D eigenvalue weighted by atomic mass is 10.1. The molecule has 1 aromatic heterocycles. The minimum absolute atomic E-state index is 0.0782. The summed E-state index contributed by atoms with van der Waals surface area (Å²) in [6, 6.07) is 21.0. The lowest BCUT2D eigenvalue weighted by Gasteiger charge is -2.34. The van der Waals surface area contributed by atoms with E-state index in [1.54, 1.807) is 12.3 Å². The molecule has 0 N–H and O–H groups in total. The van der Waals surface area contributed by atoms with E-state index >= 15 is 0 Å². The molecule has 1 aliphatic heterocycles. The molecule has 1 fully saturated rings. The summed E-state index contributed by atoms with van der Waals surface area (Å²) in [7, 11) is 2.11. The number of anilines is 3. The summed E-state index contributed by atoms with van der Waals surface area (Å²) in [6.07, 6.45) is 1.71. The number of piperazine rings is 1. The van der Waals surface area contributed by atoms with Crippen LogP contribution in [0.25, 0.3) is 0 Å². The lowest BCUT2D eigenvalue weighted by Crippen LogP contribution is -2.44. The van der Waals surface area contributed by atoms with Gasteiger partial charge in [-0.3, -0.25) is 10.1 Å². The Kier molecular flexibility index (Phi) is 5.90. The minimum Gasteiger partial charge on any atom is -0.369 e. The standard InChI is InChI=1S/C23H25N5O2/c1-25-13-15-26(16-14-25)20-10-11-21(28(29)30)22(17-20)27(23-9-5-6-12-24-23)18-19-7-3-2-4-8-19/h2-12,17H,13-16,18H2,1H3. The Morgan fingerprint density at radius 3 is 2.40 bits per heavy atom. The van der Waals surface area contributed by atoms with Crippen molar-refractivity contribution in [1.29, 1.82) is 0 Å². The molecule has 7 heteroatoms. The molecular formula is C23H25N5O2. The van der Waals surface area contributed by atoms with Crippen LogP contribution in [-0.2, 0) is 6.54 Å². The third-order valence-corrected chi connectivity index (χ3v) is 5.42. The number of pyridine rings is 1. The molecule has 0 amide bonds. The van der Waals surface area contributed by atoms with Crippen molar-refractivity contribution in [2.24, 2.45) is 0 Å². The SMILES string of the molecule is CN1CCN(c2ccc([N+](=O)[O-])c(N(Cc3ccccc3)c3ccccn3)c2)CC1. The van der Waals surface area contributed by atoms with Crippen LogP contribution in [0.4, 0.5) is 22.9 Å². The van der Waals surface area contributed by atoms with Gasteiger partial charge in [-0.25, -0.2) is 4.98 Å². The predicted molar refractivity (Wildman–Crippen MR) is 119 cm³/mol. The molecule has 0 spiro atoms. The summed E-state index contributed by atoms with van der Waals surface area (Å²) >= 11 is 0. The van der Waals surface area contributed by atoms with Crippen LogP contribution in [0, 0.1) is 10.1 Å². The van der Waals surface area contributed by atoms with Crippen LogP contribution in [0.5, 0.6) is 0 Å². The van der Waals surface area contributed by atoms with Crippen molar-refractivity contribution >= 4 is 22.9 Å². The van der Waals surface area contributed by atoms with E-state index in [1.807, 2.05) is 65.6 Å². The number of benzene rings is 2. The average molecular weight is 403 g/mol. The van der Waals surface area contributed by atoms with Gasteiger partial charge in [0.2, 0.25) is 0 Å². The van der Waals surface area contributed by atoms with Crippen molar-refractivity contribution < 1.29 is 4.92 Å². The molecule has 2 heterocycles. The highest BCUT2D eigenvalue weighted by molar-refractivity contribution is 5.75. The van der Waals surface area contributed by atoms with Crippen LogP contribution in [0.1, 0.15) is 5.56 Å². The van der Waals surface area contributed by atoms with E-state index in [1.165, 1.54) is 0 Å². The van der Waals surface area contributed by atoms with E-state index in [9.17, 15) is 10.1 Å². The smallest absolute Gasteiger partial charge is 0.293 e. The molecule has 0 aliphatic carbocycles. The molecule has 4 rings (SSSR count). The second-order valence-corrected chi connectivity index (χ2v) is 7.48. The molecule has 0 atom stereocenters. The van der Waals surface area contributed by atoms with Crippen LogP contribution >= 0.6 is 0 Å². The molecule has 3 aromatic rings. The van der Waals surface area contributed by atoms with Gasteiger partial charge in [0.25, 0.3) is 5.69 Å². The van der Waals surface area contributed by atoms with E-state index in [0.717, 1.165) is 37.4 Å². The van der Waals surface area contributed by atoms with Crippen LogP contribution in [-0.4, -0.2) is 48.0 Å². The normalized spacial score (nSPS) is 14.5. The molecule has 0 radical (unpaired) electrons.